The molecule has 1 heterocycles. The van der Waals surface area contributed by atoms with Crippen molar-refractivity contribution < 1.29 is 27.9 Å². The van der Waals surface area contributed by atoms with Gasteiger partial charge in [0.1, 0.15) is 6.04 Å². The van der Waals surface area contributed by atoms with Crippen LogP contribution in [-0.2, 0) is 19.6 Å². The van der Waals surface area contributed by atoms with Gasteiger partial charge in [0.05, 0.1) is 9.77 Å². The Kier molecular flexibility index (Phi) is 6.27. The molecule has 0 radical (unpaired) electrons. The lowest BCUT2D eigenvalue weighted by atomic mass is 10.2. The summed E-state index contributed by atoms with van der Waals surface area (Å²) >= 11 is 0.922. The van der Waals surface area contributed by atoms with Gasteiger partial charge < -0.3 is 15.2 Å². The summed E-state index contributed by atoms with van der Waals surface area (Å²) in [6, 6.07) is 0.102. The van der Waals surface area contributed by atoms with Crippen LogP contribution in [0.2, 0.25) is 0 Å². The zero-order valence-electron chi connectivity index (χ0n) is 11.5. The summed E-state index contributed by atoms with van der Waals surface area (Å²) in [6.45, 7) is 0.182. The Labute approximate surface area is 126 Å². The Bertz CT molecular complexity index is 610. The van der Waals surface area contributed by atoms with E-state index in [-0.39, 0.29) is 22.8 Å². The lowest BCUT2D eigenvalue weighted by Gasteiger charge is -2.13. The zero-order valence-corrected chi connectivity index (χ0v) is 13.1. The molecule has 0 spiro atoms. The summed E-state index contributed by atoms with van der Waals surface area (Å²) in [7, 11) is -0.938. The molecule has 8 nitrogen and oxygen atoms in total. The summed E-state index contributed by atoms with van der Waals surface area (Å²) in [5, 5.41) is 12.6. The predicted molar refractivity (Wildman–Crippen MR) is 75.9 cm³/mol. The number of nitrogens with one attached hydrogen (secondary N) is 2. The first-order valence-electron chi connectivity index (χ1n) is 5.86. The van der Waals surface area contributed by atoms with Crippen LogP contribution in [0.4, 0.5) is 0 Å². The van der Waals surface area contributed by atoms with E-state index in [1.54, 1.807) is 0 Å². The average molecular weight is 336 g/mol. The van der Waals surface area contributed by atoms with E-state index in [0.29, 0.717) is 0 Å². The average Bonchev–Trinajstić information content (AvgIpc) is 2.93. The van der Waals surface area contributed by atoms with Crippen LogP contribution < -0.4 is 10.0 Å². The molecule has 0 aliphatic rings. The second-order valence-corrected chi connectivity index (χ2v) is 6.80. The van der Waals surface area contributed by atoms with E-state index in [1.807, 2.05) is 0 Å². The van der Waals surface area contributed by atoms with E-state index in [0.717, 1.165) is 11.3 Å². The smallest absolute Gasteiger partial charge is 0.326 e. The SMILES string of the molecule is CNS(=O)(=O)c1csc(C(=O)NC(CCOC)C(=O)O)c1. The highest BCUT2D eigenvalue weighted by Crippen LogP contribution is 2.19. The van der Waals surface area contributed by atoms with Crippen LogP contribution in [0, 0.1) is 0 Å². The van der Waals surface area contributed by atoms with Gasteiger partial charge in [0.15, 0.2) is 0 Å². The van der Waals surface area contributed by atoms with Crippen LogP contribution in [0.25, 0.3) is 0 Å². The molecule has 1 aromatic rings. The van der Waals surface area contributed by atoms with Gasteiger partial charge in [-0.2, -0.15) is 0 Å². The molecule has 1 unspecified atom stereocenters. The number of carboxylic acids is 1. The molecular formula is C11H16N2O6S2. The van der Waals surface area contributed by atoms with Crippen molar-refractivity contribution in [3.05, 3.63) is 16.3 Å². The minimum absolute atomic E-state index is 0.0380. The Balaban J connectivity index is 2.82. The van der Waals surface area contributed by atoms with Gasteiger partial charge in [0.25, 0.3) is 5.91 Å². The zero-order chi connectivity index (χ0) is 16.0. The van der Waals surface area contributed by atoms with Crippen LogP contribution in [0.1, 0.15) is 16.1 Å². The Morgan fingerprint density at radius 3 is 2.67 bits per heavy atom. The van der Waals surface area contributed by atoms with Crippen molar-refractivity contribution in [1.29, 1.82) is 0 Å². The van der Waals surface area contributed by atoms with Gasteiger partial charge in [0, 0.05) is 25.5 Å². The first kappa shape index (κ1) is 17.6. The number of carbonyl (C=O) groups excluding carboxylic acids is 1. The van der Waals surface area contributed by atoms with Crippen LogP contribution in [0.5, 0.6) is 0 Å². The fraction of sp³-hybridized carbons (Fsp3) is 0.455. The van der Waals surface area contributed by atoms with Crippen LogP contribution in [0.15, 0.2) is 16.3 Å². The lowest BCUT2D eigenvalue weighted by Crippen LogP contribution is -2.41. The third-order valence-corrected chi connectivity index (χ3v) is 5.06. The summed E-state index contributed by atoms with van der Waals surface area (Å²) in [4.78, 5) is 23.0. The van der Waals surface area contributed by atoms with Crippen molar-refractivity contribution in [2.24, 2.45) is 0 Å². The van der Waals surface area contributed by atoms with Crippen molar-refractivity contribution in [2.45, 2.75) is 17.4 Å². The summed E-state index contributed by atoms with van der Waals surface area (Å²) in [6.07, 6.45) is 0.116. The molecule has 3 N–H and O–H groups in total. The Hall–Kier alpha value is -1.49. The highest BCUT2D eigenvalue weighted by Gasteiger charge is 2.22. The van der Waals surface area contributed by atoms with E-state index in [2.05, 4.69) is 10.0 Å². The highest BCUT2D eigenvalue weighted by atomic mass is 32.2. The number of sulfonamides is 1. The first-order chi connectivity index (χ1) is 9.81. The van der Waals surface area contributed by atoms with Gasteiger partial charge in [-0.15, -0.1) is 11.3 Å². The monoisotopic (exact) mass is 336 g/mol. The third kappa shape index (κ3) is 4.77. The van der Waals surface area contributed by atoms with Crippen molar-refractivity contribution in [1.82, 2.24) is 10.0 Å². The Morgan fingerprint density at radius 1 is 1.48 bits per heavy atom. The number of carbonyl (C=O) groups is 2. The van der Waals surface area contributed by atoms with Crippen molar-refractivity contribution in [2.75, 3.05) is 20.8 Å². The molecule has 1 rings (SSSR count). The van der Waals surface area contributed by atoms with E-state index >= 15 is 0 Å². The van der Waals surface area contributed by atoms with Crippen LogP contribution >= 0.6 is 11.3 Å². The predicted octanol–water partition coefficient (Wildman–Crippen LogP) is -0.124. The molecule has 1 amide bonds. The maximum atomic E-state index is 11.9. The molecule has 1 aromatic heterocycles. The standard InChI is InChI=1S/C11H16N2O6S2/c1-12-21(17,18)7-5-9(20-6-7)10(14)13-8(11(15)16)3-4-19-2/h5-6,8,12H,3-4H2,1-2H3,(H,13,14)(H,15,16). The van der Waals surface area contributed by atoms with Gasteiger partial charge in [-0.3, -0.25) is 4.79 Å². The maximum absolute atomic E-state index is 11.9. The van der Waals surface area contributed by atoms with Gasteiger partial charge in [-0.1, -0.05) is 0 Å². The molecule has 10 heteroatoms. The number of hydrogen-bond acceptors (Lipinski definition) is 6. The molecular weight excluding hydrogens is 320 g/mol. The second-order valence-electron chi connectivity index (χ2n) is 4.00. The van der Waals surface area contributed by atoms with Crippen molar-refractivity contribution in [3.8, 4) is 0 Å². The molecule has 0 saturated heterocycles. The number of amides is 1. The van der Waals surface area contributed by atoms with Crippen molar-refractivity contribution >= 4 is 33.2 Å². The molecule has 118 valence electrons. The number of methoxy groups -OCH3 is 1. The molecule has 0 aliphatic carbocycles. The van der Waals surface area contributed by atoms with Gasteiger partial charge in [-0.05, 0) is 13.1 Å². The normalized spacial score (nSPS) is 12.9. The first-order valence-corrected chi connectivity index (χ1v) is 8.22. The van der Waals surface area contributed by atoms with Crippen LogP contribution in [-0.4, -0.2) is 52.2 Å². The van der Waals surface area contributed by atoms with E-state index in [4.69, 9.17) is 9.84 Å². The molecule has 21 heavy (non-hydrogen) atoms. The minimum Gasteiger partial charge on any atom is -0.480 e. The minimum atomic E-state index is -3.63. The molecule has 0 fully saturated rings. The largest absolute Gasteiger partial charge is 0.480 e. The lowest BCUT2D eigenvalue weighted by molar-refractivity contribution is -0.139. The van der Waals surface area contributed by atoms with E-state index < -0.39 is 27.9 Å². The highest BCUT2D eigenvalue weighted by molar-refractivity contribution is 7.89. The number of thiophene rings is 1. The molecule has 0 aromatic carbocycles. The number of carboxylic acid groups (broad SMARTS) is 1. The number of hydrogen-bond donors (Lipinski definition) is 3. The molecule has 1 atom stereocenters. The van der Waals surface area contributed by atoms with Gasteiger partial charge in [0.2, 0.25) is 10.0 Å². The van der Waals surface area contributed by atoms with Gasteiger partial charge >= 0.3 is 5.97 Å². The summed E-state index contributed by atoms with van der Waals surface area (Å²) < 4.78 is 30.0. The summed E-state index contributed by atoms with van der Waals surface area (Å²) in [5.74, 6) is -1.82. The molecule has 0 saturated carbocycles. The Morgan fingerprint density at radius 2 is 2.14 bits per heavy atom. The van der Waals surface area contributed by atoms with E-state index in [9.17, 15) is 18.0 Å². The molecule has 0 aliphatic heterocycles. The number of aliphatic carboxylic acids is 1. The van der Waals surface area contributed by atoms with E-state index in [1.165, 1.54) is 25.6 Å². The second kappa shape index (κ2) is 7.50. The van der Waals surface area contributed by atoms with Crippen molar-refractivity contribution in [3.63, 3.8) is 0 Å². The molecule has 0 bridgehead atoms. The maximum Gasteiger partial charge on any atom is 0.326 e. The van der Waals surface area contributed by atoms with Crippen LogP contribution in [0.3, 0.4) is 0 Å². The third-order valence-electron chi connectivity index (χ3n) is 2.59. The van der Waals surface area contributed by atoms with Gasteiger partial charge in [-0.25, -0.2) is 17.9 Å². The fourth-order valence-corrected chi connectivity index (χ4v) is 3.33. The fourth-order valence-electron chi connectivity index (χ4n) is 1.42. The number of ether oxygens (including phenoxy) is 1. The quantitative estimate of drug-likeness (QED) is 0.608. The topological polar surface area (TPSA) is 122 Å². The summed E-state index contributed by atoms with van der Waals surface area (Å²) in [5.41, 5.74) is 0. The number of rotatable bonds is 8.